The highest BCUT2D eigenvalue weighted by molar-refractivity contribution is 5.82. The van der Waals surface area contributed by atoms with Gasteiger partial charge in [-0.25, -0.2) is 0 Å². The van der Waals surface area contributed by atoms with Crippen LogP contribution in [-0.4, -0.2) is 29.8 Å². The molecule has 0 amide bonds. The van der Waals surface area contributed by atoms with Gasteiger partial charge in [0.2, 0.25) is 0 Å². The van der Waals surface area contributed by atoms with E-state index in [9.17, 15) is 4.79 Å². The second-order valence-electron chi connectivity index (χ2n) is 5.36. The van der Waals surface area contributed by atoms with Gasteiger partial charge in [0.05, 0.1) is 0 Å². The molecule has 1 saturated heterocycles. The second kappa shape index (κ2) is 5.81. The Morgan fingerprint density at radius 2 is 1.94 bits per heavy atom. The zero-order valence-corrected chi connectivity index (χ0v) is 10.6. The number of rotatable bonds is 2. The molecular weight excluding hydrogens is 198 g/mol. The number of carbonyl (C=O) groups excluding carboxylic acids is 1. The Morgan fingerprint density at radius 1 is 1.12 bits per heavy atom. The first-order chi connectivity index (χ1) is 7.83. The van der Waals surface area contributed by atoms with Crippen molar-refractivity contribution >= 4 is 5.78 Å². The average molecular weight is 223 g/mol. The molecule has 2 nitrogen and oxygen atoms in total. The van der Waals surface area contributed by atoms with Gasteiger partial charge in [-0.3, -0.25) is 9.69 Å². The van der Waals surface area contributed by atoms with Crippen LogP contribution in [0.4, 0.5) is 0 Å². The maximum atomic E-state index is 12.0. The Bertz CT molecular complexity index is 239. The molecule has 0 unspecified atom stereocenters. The van der Waals surface area contributed by atoms with E-state index in [1.165, 1.54) is 38.6 Å². The molecule has 0 bridgehead atoms. The molecule has 0 aromatic heterocycles. The molecule has 92 valence electrons. The van der Waals surface area contributed by atoms with Gasteiger partial charge in [-0.05, 0) is 38.8 Å². The minimum Gasteiger partial charge on any atom is -0.300 e. The van der Waals surface area contributed by atoms with Gasteiger partial charge in [0.25, 0.3) is 0 Å². The summed E-state index contributed by atoms with van der Waals surface area (Å²) >= 11 is 0. The molecule has 0 aromatic carbocycles. The van der Waals surface area contributed by atoms with Gasteiger partial charge in [-0.1, -0.05) is 26.2 Å². The molecule has 0 aromatic rings. The first-order valence-electron chi connectivity index (χ1n) is 7.09. The number of Topliss-reactive ketones (excluding diaryl/α,β-unsaturated/α-hetero) is 1. The van der Waals surface area contributed by atoms with E-state index in [0.717, 1.165) is 25.8 Å². The van der Waals surface area contributed by atoms with Gasteiger partial charge in [0, 0.05) is 18.4 Å². The number of hydrogen-bond donors (Lipinski definition) is 0. The van der Waals surface area contributed by atoms with Crippen LogP contribution in [0.2, 0.25) is 0 Å². The van der Waals surface area contributed by atoms with Crippen molar-refractivity contribution in [2.45, 2.75) is 64.3 Å². The highest BCUT2D eigenvalue weighted by atomic mass is 16.1. The first-order valence-corrected chi connectivity index (χ1v) is 7.09. The molecule has 0 radical (unpaired) electrons. The molecule has 1 aliphatic heterocycles. The lowest BCUT2D eigenvalue weighted by Gasteiger charge is -2.36. The van der Waals surface area contributed by atoms with Gasteiger partial charge in [-0.2, -0.15) is 0 Å². The molecule has 1 aliphatic carbocycles. The van der Waals surface area contributed by atoms with Crippen LogP contribution >= 0.6 is 0 Å². The molecule has 2 heteroatoms. The maximum absolute atomic E-state index is 12.0. The third-order valence-electron chi connectivity index (χ3n) is 4.39. The lowest BCUT2D eigenvalue weighted by Crippen LogP contribution is -2.44. The SMILES string of the molecule is CCN1CCCCC[C@@H]1[C@@H]1CCCCC1=O. The number of carbonyl (C=O) groups is 1. The van der Waals surface area contributed by atoms with Crippen molar-refractivity contribution in [3.8, 4) is 0 Å². The minimum absolute atomic E-state index is 0.367. The van der Waals surface area contributed by atoms with Crippen LogP contribution < -0.4 is 0 Å². The molecule has 0 N–H and O–H groups in total. The number of hydrogen-bond acceptors (Lipinski definition) is 2. The predicted molar refractivity (Wildman–Crippen MR) is 66.5 cm³/mol. The Hall–Kier alpha value is -0.370. The van der Waals surface area contributed by atoms with E-state index in [1.54, 1.807) is 0 Å². The van der Waals surface area contributed by atoms with Gasteiger partial charge in [0.15, 0.2) is 0 Å². The van der Waals surface area contributed by atoms with E-state index in [2.05, 4.69) is 11.8 Å². The molecular formula is C14H25NO. The summed E-state index contributed by atoms with van der Waals surface area (Å²) in [7, 11) is 0. The quantitative estimate of drug-likeness (QED) is 0.717. The summed E-state index contributed by atoms with van der Waals surface area (Å²) in [4.78, 5) is 14.6. The molecule has 1 saturated carbocycles. The van der Waals surface area contributed by atoms with E-state index in [-0.39, 0.29) is 0 Å². The van der Waals surface area contributed by atoms with Crippen molar-refractivity contribution < 1.29 is 4.79 Å². The van der Waals surface area contributed by atoms with Crippen molar-refractivity contribution in [3.63, 3.8) is 0 Å². The molecule has 2 rings (SSSR count). The highest BCUT2D eigenvalue weighted by Gasteiger charge is 2.33. The zero-order valence-electron chi connectivity index (χ0n) is 10.6. The Morgan fingerprint density at radius 3 is 2.69 bits per heavy atom. The Balaban J connectivity index is 2.05. The fourth-order valence-corrected chi connectivity index (χ4v) is 3.46. The Labute approximate surface area is 99.4 Å². The van der Waals surface area contributed by atoms with Crippen molar-refractivity contribution in [2.75, 3.05) is 13.1 Å². The molecule has 1 heterocycles. The van der Waals surface area contributed by atoms with Crippen LogP contribution in [0.3, 0.4) is 0 Å². The van der Waals surface area contributed by atoms with E-state index in [4.69, 9.17) is 0 Å². The van der Waals surface area contributed by atoms with E-state index in [1.807, 2.05) is 0 Å². The third kappa shape index (κ3) is 2.65. The summed E-state index contributed by atoms with van der Waals surface area (Å²) in [6.07, 6.45) is 9.66. The van der Waals surface area contributed by atoms with Crippen LogP contribution in [0.1, 0.15) is 58.3 Å². The lowest BCUT2D eigenvalue weighted by molar-refractivity contribution is -0.127. The summed E-state index contributed by atoms with van der Waals surface area (Å²) in [5, 5.41) is 0. The smallest absolute Gasteiger partial charge is 0.137 e. The van der Waals surface area contributed by atoms with Crippen LogP contribution in [0, 0.1) is 5.92 Å². The maximum Gasteiger partial charge on any atom is 0.137 e. The predicted octanol–water partition coefficient (Wildman–Crippen LogP) is 3.01. The normalized spacial score (nSPS) is 33.7. The van der Waals surface area contributed by atoms with E-state index >= 15 is 0 Å². The standard InChI is InChI=1S/C14H25NO/c1-2-15-11-7-3-4-9-13(15)12-8-5-6-10-14(12)16/h12-13H,2-11H2,1H3/t12-,13+/m0/s1. The van der Waals surface area contributed by atoms with Crippen LogP contribution in [0.25, 0.3) is 0 Å². The molecule has 2 atom stereocenters. The second-order valence-corrected chi connectivity index (χ2v) is 5.36. The Kier molecular flexibility index (Phi) is 4.39. The zero-order chi connectivity index (χ0) is 11.4. The summed E-state index contributed by atoms with van der Waals surface area (Å²) in [6, 6.07) is 0.570. The third-order valence-corrected chi connectivity index (χ3v) is 4.39. The topological polar surface area (TPSA) is 20.3 Å². The lowest BCUT2D eigenvalue weighted by atomic mass is 9.80. The monoisotopic (exact) mass is 223 g/mol. The first kappa shape index (κ1) is 12.1. The molecule has 2 aliphatic rings. The molecule has 16 heavy (non-hydrogen) atoms. The van der Waals surface area contributed by atoms with E-state index in [0.29, 0.717) is 17.7 Å². The number of likely N-dealkylation sites (tertiary alicyclic amines) is 1. The summed E-state index contributed by atoms with van der Waals surface area (Å²) < 4.78 is 0. The van der Waals surface area contributed by atoms with Gasteiger partial charge >= 0.3 is 0 Å². The average Bonchev–Trinajstić information content (AvgIpc) is 2.54. The summed E-state index contributed by atoms with van der Waals surface area (Å²) in [5.41, 5.74) is 0. The fourth-order valence-electron chi connectivity index (χ4n) is 3.46. The fraction of sp³-hybridized carbons (Fsp3) is 0.929. The minimum atomic E-state index is 0.367. The number of ketones is 1. The van der Waals surface area contributed by atoms with Gasteiger partial charge in [-0.15, -0.1) is 0 Å². The van der Waals surface area contributed by atoms with Crippen molar-refractivity contribution in [1.29, 1.82) is 0 Å². The van der Waals surface area contributed by atoms with Crippen LogP contribution in [-0.2, 0) is 4.79 Å². The summed E-state index contributed by atoms with van der Waals surface area (Å²) in [5.74, 6) is 0.920. The molecule has 0 spiro atoms. The van der Waals surface area contributed by atoms with Crippen LogP contribution in [0.15, 0.2) is 0 Å². The highest BCUT2D eigenvalue weighted by Crippen LogP contribution is 2.30. The van der Waals surface area contributed by atoms with Gasteiger partial charge < -0.3 is 0 Å². The van der Waals surface area contributed by atoms with Crippen molar-refractivity contribution in [3.05, 3.63) is 0 Å². The van der Waals surface area contributed by atoms with Crippen LogP contribution in [0.5, 0.6) is 0 Å². The van der Waals surface area contributed by atoms with E-state index < -0.39 is 0 Å². The summed E-state index contributed by atoms with van der Waals surface area (Å²) in [6.45, 7) is 4.57. The molecule has 2 fully saturated rings. The van der Waals surface area contributed by atoms with Gasteiger partial charge in [0.1, 0.15) is 5.78 Å². The number of nitrogens with zero attached hydrogens (tertiary/aromatic N) is 1. The van der Waals surface area contributed by atoms with Crippen molar-refractivity contribution in [1.82, 2.24) is 4.90 Å². The largest absolute Gasteiger partial charge is 0.300 e. The van der Waals surface area contributed by atoms with Crippen molar-refractivity contribution in [2.24, 2.45) is 5.92 Å².